The van der Waals surface area contributed by atoms with E-state index in [0.29, 0.717) is 18.7 Å². The standard InChI is InChI=1S/C15H18N2O4S/c1-20-14(18)7-3-2-4-8-16-15(19)11-10-12(21-17-11)13-6-5-9-22-13/h5-6,9-10H,2-4,7-8H2,1H3,(H,16,19). The number of thiophene rings is 1. The summed E-state index contributed by atoms with van der Waals surface area (Å²) in [5, 5.41) is 8.50. The maximum Gasteiger partial charge on any atom is 0.305 e. The Morgan fingerprint density at radius 1 is 1.36 bits per heavy atom. The largest absolute Gasteiger partial charge is 0.469 e. The average molecular weight is 322 g/mol. The molecule has 1 amide bonds. The monoisotopic (exact) mass is 322 g/mol. The fraction of sp³-hybridized carbons (Fsp3) is 0.400. The second-order valence-electron chi connectivity index (χ2n) is 4.70. The average Bonchev–Trinajstić information content (AvgIpc) is 3.20. The Morgan fingerprint density at radius 3 is 2.95 bits per heavy atom. The number of carbonyl (C=O) groups is 2. The molecule has 0 aliphatic heterocycles. The summed E-state index contributed by atoms with van der Waals surface area (Å²) in [7, 11) is 1.38. The summed E-state index contributed by atoms with van der Waals surface area (Å²) >= 11 is 1.53. The van der Waals surface area contributed by atoms with E-state index in [2.05, 4.69) is 15.2 Å². The Kier molecular flexibility index (Phi) is 6.14. The molecule has 2 heterocycles. The minimum atomic E-state index is -0.250. The van der Waals surface area contributed by atoms with Crippen LogP contribution in [0.4, 0.5) is 0 Å². The maximum absolute atomic E-state index is 11.9. The number of ether oxygens (including phenoxy) is 1. The maximum atomic E-state index is 11.9. The molecule has 0 spiro atoms. The Bertz CT molecular complexity index is 607. The molecular weight excluding hydrogens is 304 g/mol. The second kappa shape index (κ2) is 8.33. The van der Waals surface area contributed by atoms with Crippen LogP contribution in [0.2, 0.25) is 0 Å². The molecule has 0 fully saturated rings. The molecule has 118 valence electrons. The van der Waals surface area contributed by atoms with E-state index in [1.807, 2.05) is 17.5 Å². The van der Waals surface area contributed by atoms with E-state index in [9.17, 15) is 9.59 Å². The van der Waals surface area contributed by atoms with Crippen molar-refractivity contribution >= 4 is 23.2 Å². The van der Waals surface area contributed by atoms with Crippen LogP contribution in [-0.2, 0) is 9.53 Å². The third kappa shape index (κ3) is 4.70. The normalized spacial score (nSPS) is 10.4. The van der Waals surface area contributed by atoms with Crippen molar-refractivity contribution in [2.75, 3.05) is 13.7 Å². The van der Waals surface area contributed by atoms with Crippen molar-refractivity contribution in [1.29, 1.82) is 0 Å². The van der Waals surface area contributed by atoms with Crippen LogP contribution in [0.15, 0.2) is 28.1 Å². The molecule has 0 aromatic carbocycles. The summed E-state index contributed by atoms with van der Waals surface area (Å²) in [6, 6.07) is 5.46. The Hall–Kier alpha value is -2.15. The highest BCUT2D eigenvalue weighted by Crippen LogP contribution is 2.24. The first-order chi connectivity index (χ1) is 10.7. The SMILES string of the molecule is COC(=O)CCCCCNC(=O)c1cc(-c2cccs2)on1. The van der Waals surface area contributed by atoms with Gasteiger partial charge in [-0.3, -0.25) is 9.59 Å². The van der Waals surface area contributed by atoms with Crippen LogP contribution in [-0.4, -0.2) is 30.7 Å². The van der Waals surface area contributed by atoms with E-state index < -0.39 is 0 Å². The van der Waals surface area contributed by atoms with Crippen molar-refractivity contribution in [3.8, 4) is 10.6 Å². The van der Waals surface area contributed by atoms with Crippen LogP contribution in [0.25, 0.3) is 10.6 Å². The van der Waals surface area contributed by atoms with Gasteiger partial charge < -0.3 is 14.6 Å². The molecule has 0 saturated heterocycles. The second-order valence-corrected chi connectivity index (χ2v) is 5.64. The summed E-state index contributed by atoms with van der Waals surface area (Å²) in [5.74, 6) is 0.144. The molecule has 0 aliphatic rings. The summed E-state index contributed by atoms with van der Waals surface area (Å²) < 4.78 is 9.72. The van der Waals surface area contributed by atoms with E-state index in [1.54, 1.807) is 6.07 Å². The highest BCUT2D eigenvalue weighted by Gasteiger charge is 2.13. The summed E-state index contributed by atoms with van der Waals surface area (Å²) in [6.45, 7) is 0.543. The fourth-order valence-electron chi connectivity index (χ4n) is 1.88. The Labute approximate surface area is 132 Å². The number of aromatic nitrogens is 1. The first-order valence-electron chi connectivity index (χ1n) is 7.06. The third-order valence-corrected chi connectivity index (χ3v) is 3.96. The van der Waals surface area contributed by atoms with Gasteiger partial charge in [-0.2, -0.15) is 0 Å². The van der Waals surface area contributed by atoms with E-state index in [4.69, 9.17) is 4.52 Å². The smallest absolute Gasteiger partial charge is 0.305 e. The van der Waals surface area contributed by atoms with Crippen molar-refractivity contribution in [1.82, 2.24) is 10.5 Å². The summed E-state index contributed by atoms with van der Waals surface area (Å²) in [5.41, 5.74) is 0.276. The number of rotatable bonds is 8. The van der Waals surface area contributed by atoms with E-state index in [-0.39, 0.29) is 17.6 Å². The molecule has 22 heavy (non-hydrogen) atoms. The molecule has 2 rings (SSSR count). The first-order valence-corrected chi connectivity index (χ1v) is 7.94. The van der Waals surface area contributed by atoms with Crippen LogP contribution in [0.3, 0.4) is 0 Å². The number of carbonyl (C=O) groups excluding carboxylic acids is 2. The lowest BCUT2D eigenvalue weighted by atomic mass is 10.2. The van der Waals surface area contributed by atoms with E-state index >= 15 is 0 Å². The lowest BCUT2D eigenvalue weighted by Gasteiger charge is -2.02. The number of methoxy groups -OCH3 is 1. The van der Waals surface area contributed by atoms with Crippen molar-refractivity contribution in [3.05, 3.63) is 29.3 Å². The predicted molar refractivity (Wildman–Crippen MR) is 82.6 cm³/mol. The minimum Gasteiger partial charge on any atom is -0.469 e. The van der Waals surface area contributed by atoms with Gasteiger partial charge in [-0.15, -0.1) is 11.3 Å². The highest BCUT2D eigenvalue weighted by atomic mass is 32.1. The molecule has 7 heteroatoms. The highest BCUT2D eigenvalue weighted by molar-refractivity contribution is 7.13. The molecule has 2 aromatic rings. The lowest BCUT2D eigenvalue weighted by molar-refractivity contribution is -0.140. The van der Waals surface area contributed by atoms with Crippen molar-refractivity contribution in [2.24, 2.45) is 0 Å². The molecule has 2 aromatic heterocycles. The van der Waals surface area contributed by atoms with Crippen LogP contribution in [0, 0.1) is 0 Å². The van der Waals surface area contributed by atoms with Gasteiger partial charge in [0.1, 0.15) is 0 Å². The molecule has 6 nitrogen and oxygen atoms in total. The molecule has 0 atom stereocenters. The topological polar surface area (TPSA) is 81.4 Å². The first kappa shape index (κ1) is 16.2. The number of unbranched alkanes of at least 4 members (excludes halogenated alkanes) is 2. The van der Waals surface area contributed by atoms with Crippen molar-refractivity contribution < 1.29 is 18.8 Å². The summed E-state index contributed by atoms with van der Waals surface area (Å²) in [4.78, 5) is 23.8. The van der Waals surface area contributed by atoms with Gasteiger partial charge in [0.15, 0.2) is 11.5 Å². The number of hydrogen-bond acceptors (Lipinski definition) is 6. The molecule has 0 bridgehead atoms. The van der Waals surface area contributed by atoms with Gasteiger partial charge in [0, 0.05) is 19.0 Å². The zero-order valence-corrected chi connectivity index (χ0v) is 13.1. The number of amides is 1. The lowest BCUT2D eigenvalue weighted by Crippen LogP contribution is -2.24. The van der Waals surface area contributed by atoms with Gasteiger partial charge in [0.05, 0.1) is 12.0 Å². The quantitative estimate of drug-likeness (QED) is 0.597. The van der Waals surface area contributed by atoms with Crippen molar-refractivity contribution in [2.45, 2.75) is 25.7 Å². The molecule has 0 saturated carbocycles. The van der Waals surface area contributed by atoms with Gasteiger partial charge in [-0.25, -0.2) is 0 Å². The van der Waals surface area contributed by atoms with Gasteiger partial charge in [0.25, 0.3) is 5.91 Å². The minimum absolute atomic E-state index is 0.201. The zero-order valence-electron chi connectivity index (χ0n) is 12.3. The number of nitrogens with zero attached hydrogens (tertiary/aromatic N) is 1. The molecule has 1 N–H and O–H groups in total. The third-order valence-electron chi connectivity index (χ3n) is 3.08. The number of esters is 1. The van der Waals surface area contributed by atoms with Crippen LogP contribution >= 0.6 is 11.3 Å². The van der Waals surface area contributed by atoms with Gasteiger partial charge in [0.2, 0.25) is 0 Å². The number of hydrogen-bond donors (Lipinski definition) is 1. The Balaban J connectivity index is 1.68. The molecule has 0 radical (unpaired) electrons. The van der Waals surface area contributed by atoms with Gasteiger partial charge >= 0.3 is 5.97 Å². The molecule has 0 unspecified atom stereocenters. The predicted octanol–water partition coefficient (Wildman–Crippen LogP) is 2.87. The van der Waals surface area contributed by atoms with E-state index in [0.717, 1.165) is 24.1 Å². The van der Waals surface area contributed by atoms with Crippen LogP contribution < -0.4 is 5.32 Å². The fourth-order valence-corrected chi connectivity index (χ4v) is 2.56. The Morgan fingerprint density at radius 2 is 2.23 bits per heavy atom. The summed E-state index contributed by atoms with van der Waals surface area (Å²) in [6.07, 6.45) is 2.83. The molecule has 0 aliphatic carbocycles. The zero-order chi connectivity index (χ0) is 15.8. The van der Waals surface area contributed by atoms with Crippen LogP contribution in [0.1, 0.15) is 36.2 Å². The van der Waals surface area contributed by atoms with Gasteiger partial charge in [-0.05, 0) is 24.3 Å². The van der Waals surface area contributed by atoms with E-state index in [1.165, 1.54) is 18.4 Å². The molecular formula is C15H18N2O4S. The van der Waals surface area contributed by atoms with Gasteiger partial charge in [-0.1, -0.05) is 17.6 Å². The number of nitrogens with one attached hydrogen (secondary N) is 1. The van der Waals surface area contributed by atoms with Crippen molar-refractivity contribution in [3.63, 3.8) is 0 Å². The van der Waals surface area contributed by atoms with Crippen LogP contribution in [0.5, 0.6) is 0 Å².